The van der Waals surface area contributed by atoms with Gasteiger partial charge in [0.1, 0.15) is 0 Å². The summed E-state index contributed by atoms with van der Waals surface area (Å²) >= 11 is 0. The second-order valence-corrected chi connectivity index (χ2v) is 6.97. The molecule has 2 aromatic carbocycles. The van der Waals surface area contributed by atoms with Gasteiger partial charge in [0.2, 0.25) is 0 Å². The molecule has 0 bridgehead atoms. The molecule has 0 saturated heterocycles. The Kier molecular flexibility index (Phi) is 13.2. The van der Waals surface area contributed by atoms with E-state index in [0.717, 1.165) is 9.52 Å². The number of fused-ring (bicyclic) bond motifs is 1. The minimum atomic E-state index is 0. The molecule has 0 unspecified atom stereocenters. The maximum Gasteiger partial charge on any atom is 4.00 e. The van der Waals surface area contributed by atoms with Crippen molar-refractivity contribution in [2.24, 2.45) is 0 Å². The van der Waals surface area contributed by atoms with Crippen molar-refractivity contribution in [3.63, 3.8) is 0 Å². The van der Waals surface area contributed by atoms with E-state index < -0.39 is 0 Å². The Bertz CT molecular complexity index is 572. The van der Waals surface area contributed by atoms with Crippen molar-refractivity contribution in [2.45, 2.75) is 45.6 Å². The van der Waals surface area contributed by atoms with Crippen molar-refractivity contribution in [2.75, 3.05) is 0 Å². The van der Waals surface area contributed by atoms with Crippen LogP contribution in [-0.4, -0.2) is 9.52 Å². The van der Waals surface area contributed by atoms with Crippen LogP contribution in [-0.2, 0) is 40.6 Å². The van der Waals surface area contributed by atoms with Crippen LogP contribution in [0.15, 0.2) is 30.3 Å². The third kappa shape index (κ3) is 6.31. The molecular formula is C18H21Cl3SiTi. The summed E-state index contributed by atoms with van der Waals surface area (Å²) < 4.78 is 0. The van der Waals surface area contributed by atoms with Gasteiger partial charge >= 0.3 is 21.7 Å². The van der Waals surface area contributed by atoms with Crippen molar-refractivity contribution in [3.8, 4) is 0 Å². The smallest absolute Gasteiger partial charge is 1.00 e. The molecule has 0 heterocycles. The second kappa shape index (κ2) is 11.8. The fraction of sp³-hybridized carbons (Fsp3) is 0.389. The first-order valence-corrected chi connectivity index (χ1v) is 8.52. The van der Waals surface area contributed by atoms with Crippen LogP contribution in [0.25, 0.3) is 0 Å². The van der Waals surface area contributed by atoms with Gasteiger partial charge in [0.15, 0.2) is 0 Å². The van der Waals surface area contributed by atoms with Gasteiger partial charge in [0.25, 0.3) is 0 Å². The molecule has 0 spiro atoms. The Labute approximate surface area is 176 Å². The zero-order valence-electron chi connectivity index (χ0n) is 13.6. The molecule has 0 N–H and O–H groups in total. The summed E-state index contributed by atoms with van der Waals surface area (Å²) in [5, 5.41) is 1.54. The fourth-order valence-corrected chi connectivity index (χ4v) is 4.29. The summed E-state index contributed by atoms with van der Waals surface area (Å²) in [6.45, 7) is 4.47. The molecule has 0 saturated carbocycles. The minimum absolute atomic E-state index is 0. The largest absolute Gasteiger partial charge is 4.00 e. The van der Waals surface area contributed by atoms with Crippen LogP contribution in [0.4, 0.5) is 0 Å². The second-order valence-electron chi connectivity index (χ2n) is 5.72. The molecule has 0 atom stereocenters. The summed E-state index contributed by atoms with van der Waals surface area (Å²) in [6, 6.07) is 12.9. The summed E-state index contributed by atoms with van der Waals surface area (Å²) in [7, 11) is 0.910. The van der Waals surface area contributed by atoms with Crippen molar-refractivity contribution in [1.82, 2.24) is 0 Å². The van der Waals surface area contributed by atoms with E-state index in [-0.39, 0.29) is 58.9 Å². The fourth-order valence-electron chi connectivity index (χ4n) is 3.01. The van der Waals surface area contributed by atoms with Gasteiger partial charge in [-0.15, -0.1) is 0 Å². The van der Waals surface area contributed by atoms with Crippen molar-refractivity contribution in [3.05, 3.63) is 58.1 Å². The molecule has 1 aliphatic carbocycles. The number of halogens is 3. The van der Waals surface area contributed by atoms with Gasteiger partial charge < -0.3 is 37.2 Å². The molecule has 23 heavy (non-hydrogen) atoms. The van der Waals surface area contributed by atoms with Crippen LogP contribution >= 0.6 is 0 Å². The zero-order valence-corrected chi connectivity index (χ0v) is 18.4. The molecule has 1 aliphatic rings. The monoisotopic (exact) mass is 418 g/mol. The topological polar surface area (TPSA) is 0 Å². The Balaban J connectivity index is 0. The molecule has 2 radical (unpaired) electrons. The third-order valence-corrected chi connectivity index (χ3v) is 5.87. The standard InChI is InChI=1S/C18H21Si.3ClH.Ti/c1-13-6-5-9-18(14(13)2)19-12-15-10-16-7-3-4-8-17(16)11-15;;;;/h5-6,9-11H,3-4,7-8,12H2,1-2H3;3*1H;/q-1;;;;+4/p-3. The van der Waals surface area contributed by atoms with E-state index in [0.29, 0.717) is 0 Å². The van der Waals surface area contributed by atoms with Crippen LogP contribution < -0.4 is 42.4 Å². The van der Waals surface area contributed by atoms with E-state index in [1.54, 1.807) is 21.9 Å². The van der Waals surface area contributed by atoms with Crippen molar-refractivity contribution in [1.29, 1.82) is 0 Å². The molecule has 3 rings (SSSR count). The molecular weight excluding hydrogens is 399 g/mol. The Morgan fingerprint density at radius 1 is 1.04 bits per heavy atom. The SMILES string of the molecule is Cc1cccc([Si]Cc2cc3c([cH-]2)CCCC3)c1C.[Cl-].[Cl-].[Cl-].[Ti+4]. The molecule has 0 aromatic heterocycles. The predicted molar refractivity (Wildman–Crippen MR) is 83.7 cm³/mol. The van der Waals surface area contributed by atoms with E-state index in [4.69, 9.17) is 0 Å². The van der Waals surface area contributed by atoms with Gasteiger partial charge in [-0.3, -0.25) is 0 Å². The van der Waals surface area contributed by atoms with Gasteiger partial charge in [-0.25, -0.2) is 6.07 Å². The molecule has 122 valence electrons. The van der Waals surface area contributed by atoms with Crippen LogP contribution in [0.2, 0.25) is 0 Å². The number of rotatable bonds is 3. The number of benzene rings is 1. The molecule has 0 nitrogen and oxygen atoms in total. The Morgan fingerprint density at radius 3 is 2.43 bits per heavy atom. The van der Waals surface area contributed by atoms with Gasteiger partial charge in [0.05, 0.1) is 9.52 Å². The molecule has 5 heteroatoms. The van der Waals surface area contributed by atoms with E-state index in [2.05, 4.69) is 44.2 Å². The molecule has 0 amide bonds. The van der Waals surface area contributed by atoms with Crippen LogP contribution in [0, 0.1) is 13.8 Å². The van der Waals surface area contributed by atoms with E-state index in [1.165, 1.54) is 42.9 Å². The van der Waals surface area contributed by atoms with Gasteiger partial charge in [-0.2, -0.15) is 22.8 Å². The number of aryl methyl sites for hydroxylation is 3. The molecule has 0 aliphatic heterocycles. The number of hydrogen-bond donors (Lipinski definition) is 0. The third-order valence-electron chi connectivity index (χ3n) is 4.36. The molecule has 0 fully saturated rings. The van der Waals surface area contributed by atoms with Crippen molar-refractivity contribution < 1.29 is 58.9 Å². The summed E-state index contributed by atoms with van der Waals surface area (Å²) in [6.07, 6.45) is 5.38. The average Bonchev–Trinajstić information content (AvgIpc) is 2.83. The van der Waals surface area contributed by atoms with E-state index >= 15 is 0 Å². The first kappa shape index (κ1) is 25.6. The summed E-state index contributed by atoms with van der Waals surface area (Å²) in [5.74, 6) is 0. The first-order chi connectivity index (χ1) is 9.24. The molecule has 2 aromatic rings. The Morgan fingerprint density at radius 2 is 1.74 bits per heavy atom. The Hall–Kier alpha value is 0.371. The van der Waals surface area contributed by atoms with Gasteiger partial charge in [0, 0.05) is 0 Å². The summed E-state index contributed by atoms with van der Waals surface area (Å²) in [5.41, 5.74) is 7.73. The quantitative estimate of drug-likeness (QED) is 0.344. The number of hydrogen-bond acceptors (Lipinski definition) is 0. The maximum absolute atomic E-state index is 2.46. The normalized spacial score (nSPS) is 11.9. The van der Waals surface area contributed by atoms with E-state index in [1.807, 2.05) is 0 Å². The predicted octanol–water partition coefficient (Wildman–Crippen LogP) is -5.56. The van der Waals surface area contributed by atoms with Gasteiger partial charge in [-0.05, 0) is 25.0 Å². The van der Waals surface area contributed by atoms with Gasteiger partial charge in [-0.1, -0.05) is 55.1 Å². The maximum atomic E-state index is 2.46. The summed E-state index contributed by atoms with van der Waals surface area (Å²) in [4.78, 5) is 0. The minimum Gasteiger partial charge on any atom is -1.00 e. The van der Waals surface area contributed by atoms with Crippen LogP contribution in [0.5, 0.6) is 0 Å². The van der Waals surface area contributed by atoms with E-state index in [9.17, 15) is 0 Å². The average molecular weight is 420 g/mol. The first-order valence-electron chi connectivity index (χ1n) is 7.31. The van der Waals surface area contributed by atoms with Crippen LogP contribution in [0.1, 0.15) is 40.7 Å². The van der Waals surface area contributed by atoms with Crippen LogP contribution in [0.3, 0.4) is 0 Å². The van der Waals surface area contributed by atoms with Crippen molar-refractivity contribution >= 4 is 14.7 Å². The zero-order chi connectivity index (χ0) is 13.2.